The molecule has 1 fully saturated rings. The highest BCUT2D eigenvalue weighted by Crippen LogP contribution is 2.40. The van der Waals surface area contributed by atoms with Crippen molar-refractivity contribution in [2.75, 3.05) is 6.61 Å². The first kappa shape index (κ1) is 14.1. The highest BCUT2D eigenvalue weighted by molar-refractivity contribution is 6.30. The van der Waals surface area contributed by atoms with Crippen LogP contribution in [-0.2, 0) is 6.54 Å². The van der Waals surface area contributed by atoms with Gasteiger partial charge >= 0.3 is 0 Å². The molecule has 0 unspecified atom stereocenters. The highest BCUT2D eigenvalue weighted by atomic mass is 35.5. The van der Waals surface area contributed by atoms with E-state index in [2.05, 4.69) is 10.3 Å². The number of hydrogen-bond acceptors (Lipinski definition) is 4. The van der Waals surface area contributed by atoms with Crippen LogP contribution in [0.15, 0.2) is 24.3 Å². The maximum absolute atomic E-state index is 11.0. The fraction of sp³-hybridized carbons (Fsp3) is 0.400. The zero-order valence-electron chi connectivity index (χ0n) is 11.5. The van der Waals surface area contributed by atoms with Crippen molar-refractivity contribution in [1.82, 2.24) is 15.0 Å². The van der Waals surface area contributed by atoms with Gasteiger partial charge in [0.15, 0.2) is 6.29 Å². The second-order valence-electron chi connectivity index (χ2n) is 5.13. The van der Waals surface area contributed by atoms with Crippen molar-refractivity contribution in [3.05, 3.63) is 40.7 Å². The number of benzene rings is 1. The molecule has 0 spiro atoms. The Morgan fingerprint density at radius 3 is 2.76 bits per heavy atom. The summed E-state index contributed by atoms with van der Waals surface area (Å²) in [6.07, 6.45) is 3.84. The van der Waals surface area contributed by atoms with Crippen molar-refractivity contribution in [2.24, 2.45) is 0 Å². The fourth-order valence-electron chi connectivity index (χ4n) is 2.29. The summed E-state index contributed by atoms with van der Waals surface area (Å²) < 4.78 is 7.48. The molecule has 1 aromatic heterocycles. The second kappa shape index (κ2) is 6.26. The molecule has 0 N–H and O–H groups in total. The van der Waals surface area contributed by atoms with Gasteiger partial charge in [-0.25, -0.2) is 4.68 Å². The van der Waals surface area contributed by atoms with E-state index in [1.165, 1.54) is 0 Å². The standard InChI is InChI=1S/C15H16ClN3O2/c16-12-4-6-13(7-5-12)21-9-1-8-19-15(11-2-3-11)14(10-20)17-18-19/h4-7,10-11H,1-3,8-9H2. The zero-order valence-corrected chi connectivity index (χ0v) is 12.3. The fourth-order valence-corrected chi connectivity index (χ4v) is 2.42. The van der Waals surface area contributed by atoms with E-state index in [-0.39, 0.29) is 0 Å². The van der Waals surface area contributed by atoms with E-state index in [0.29, 0.717) is 29.8 Å². The Balaban J connectivity index is 1.52. The van der Waals surface area contributed by atoms with Gasteiger partial charge in [0.1, 0.15) is 11.4 Å². The van der Waals surface area contributed by atoms with E-state index in [1.807, 2.05) is 16.8 Å². The number of aryl methyl sites for hydroxylation is 1. The molecule has 1 aliphatic rings. The van der Waals surface area contributed by atoms with Crippen LogP contribution < -0.4 is 4.74 Å². The van der Waals surface area contributed by atoms with Gasteiger partial charge in [-0.1, -0.05) is 16.8 Å². The van der Waals surface area contributed by atoms with Gasteiger partial charge in [0, 0.05) is 23.9 Å². The minimum absolute atomic E-state index is 0.456. The number of rotatable bonds is 7. The van der Waals surface area contributed by atoms with E-state index in [9.17, 15) is 4.79 Å². The number of hydrogen-bond donors (Lipinski definition) is 0. The lowest BCUT2D eigenvalue weighted by Crippen LogP contribution is -2.09. The molecule has 6 heteroatoms. The maximum Gasteiger partial charge on any atom is 0.172 e. The third kappa shape index (κ3) is 3.42. The van der Waals surface area contributed by atoms with E-state index < -0.39 is 0 Å². The van der Waals surface area contributed by atoms with Gasteiger partial charge in [-0.3, -0.25) is 4.79 Å². The van der Waals surface area contributed by atoms with Gasteiger partial charge in [-0.05, 0) is 37.1 Å². The summed E-state index contributed by atoms with van der Waals surface area (Å²) in [5.74, 6) is 1.26. The third-order valence-electron chi connectivity index (χ3n) is 3.47. The van der Waals surface area contributed by atoms with E-state index in [4.69, 9.17) is 16.3 Å². The summed E-state index contributed by atoms with van der Waals surface area (Å²) >= 11 is 5.82. The molecule has 21 heavy (non-hydrogen) atoms. The lowest BCUT2D eigenvalue weighted by molar-refractivity contribution is 0.111. The number of aldehydes is 1. The molecule has 0 aliphatic heterocycles. The molecule has 2 aromatic rings. The number of nitrogens with zero attached hydrogens (tertiary/aromatic N) is 3. The molecule has 0 bridgehead atoms. The molecule has 1 saturated carbocycles. The summed E-state index contributed by atoms with van der Waals surface area (Å²) in [5, 5.41) is 8.69. The van der Waals surface area contributed by atoms with Gasteiger partial charge in [-0.2, -0.15) is 0 Å². The summed E-state index contributed by atoms with van der Waals surface area (Å²) in [7, 11) is 0. The number of ether oxygens (including phenoxy) is 1. The Labute approximate surface area is 127 Å². The predicted octanol–water partition coefficient (Wildman–Crippen LogP) is 3.09. The van der Waals surface area contributed by atoms with Crippen LogP contribution in [0.1, 0.15) is 41.4 Å². The lowest BCUT2D eigenvalue weighted by atomic mass is 10.2. The van der Waals surface area contributed by atoms with Crippen molar-refractivity contribution < 1.29 is 9.53 Å². The van der Waals surface area contributed by atoms with E-state index in [1.54, 1.807) is 12.1 Å². The molecule has 0 saturated heterocycles. The number of aromatic nitrogens is 3. The summed E-state index contributed by atoms with van der Waals surface area (Å²) in [5.41, 5.74) is 1.47. The zero-order chi connectivity index (χ0) is 14.7. The molecular formula is C15H16ClN3O2. The van der Waals surface area contributed by atoms with Crippen LogP contribution in [0.4, 0.5) is 0 Å². The molecule has 0 amide bonds. The predicted molar refractivity (Wildman–Crippen MR) is 78.9 cm³/mol. The van der Waals surface area contributed by atoms with Crippen molar-refractivity contribution in [3.8, 4) is 5.75 Å². The Morgan fingerprint density at radius 1 is 1.33 bits per heavy atom. The molecule has 1 heterocycles. The Kier molecular flexibility index (Phi) is 4.20. The van der Waals surface area contributed by atoms with Crippen LogP contribution in [0, 0.1) is 0 Å². The molecule has 0 atom stereocenters. The summed E-state index contributed by atoms with van der Waals surface area (Å²) in [6.45, 7) is 1.29. The van der Waals surface area contributed by atoms with Crippen LogP contribution in [-0.4, -0.2) is 27.9 Å². The number of carbonyl (C=O) groups excluding carboxylic acids is 1. The normalized spacial score (nSPS) is 14.1. The SMILES string of the molecule is O=Cc1nnn(CCCOc2ccc(Cl)cc2)c1C1CC1. The second-order valence-corrected chi connectivity index (χ2v) is 5.57. The van der Waals surface area contributed by atoms with Crippen LogP contribution in [0.2, 0.25) is 5.02 Å². The van der Waals surface area contributed by atoms with E-state index >= 15 is 0 Å². The van der Waals surface area contributed by atoms with Crippen LogP contribution in [0.25, 0.3) is 0 Å². The topological polar surface area (TPSA) is 57.0 Å². The highest BCUT2D eigenvalue weighted by Gasteiger charge is 2.30. The van der Waals surface area contributed by atoms with Crippen molar-refractivity contribution in [3.63, 3.8) is 0 Å². The first-order valence-electron chi connectivity index (χ1n) is 7.05. The number of halogens is 1. The molecular weight excluding hydrogens is 290 g/mol. The minimum atomic E-state index is 0.456. The lowest BCUT2D eigenvalue weighted by Gasteiger charge is -2.08. The minimum Gasteiger partial charge on any atom is -0.494 e. The Hall–Kier alpha value is -1.88. The average Bonchev–Trinajstić information content (AvgIpc) is 3.26. The Morgan fingerprint density at radius 2 is 2.10 bits per heavy atom. The third-order valence-corrected chi connectivity index (χ3v) is 3.73. The summed E-state index contributed by atoms with van der Waals surface area (Å²) in [4.78, 5) is 11.0. The van der Waals surface area contributed by atoms with Gasteiger partial charge in [-0.15, -0.1) is 5.10 Å². The monoisotopic (exact) mass is 305 g/mol. The van der Waals surface area contributed by atoms with Crippen molar-refractivity contribution in [1.29, 1.82) is 0 Å². The van der Waals surface area contributed by atoms with Crippen molar-refractivity contribution >= 4 is 17.9 Å². The molecule has 1 aliphatic carbocycles. The maximum atomic E-state index is 11.0. The average molecular weight is 306 g/mol. The van der Waals surface area contributed by atoms with E-state index in [0.717, 1.165) is 37.0 Å². The largest absolute Gasteiger partial charge is 0.494 e. The quantitative estimate of drug-likeness (QED) is 0.582. The molecule has 0 radical (unpaired) electrons. The van der Waals surface area contributed by atoms with Gasteiger partial charge in [0.05, 0.1) is 12.3 Å². The van der Waals surface area contributed by atoms with Gasteiger partial charge < -0.3 is 4.74 Å². The van der Waals surface area contributed by atoms with Gasteiger partial charge in [0.2, 0.25) is 0 Å². The first-order chi connectivity index (χ1) is 10.3. The van der Waals surface area contributed by atoms with Gasteiger partial charge in [0.25, 0.3) is 0 Å². The van der Waals surface area contributed by atoms with Crippen LogP contribution >= 0.6 is 11.6 Å². The summed E-state index contributed by atoms with van der Waals surface area (Å²) in [6, 6.07) is 7.29. The molecule has 5 nitrogen and oxygen atoms in total. The molecule has 1 aromatic carbocycles. The number of carbonyl (C=O) groups is 1. The first-order valence-corrected chi connectivity index (χ1v) is 7.42. The molecule has 3 rings (SSSR count). The van der Waals surface area contributed by atoms with Crippen molar-refractivity contribution in [2.45, 2.75) is 31.7 Å². The molecule has 110 valence electrons. The smallest absolute Gasteiger partial charge is 0.172 e. The Bertz CT molecular complexity index is 620. The van der Waals surface area contributed by atoms with Crippen LogP contribution in [0.3, 0.4) is 0 Å². The van der Waals surface area contributed by atoms with Crippen LogP contribution in [0.5, 0.6) is 5.75 Å².